The predicted molar refractivity (Wildman–Crippen MR) is 86.6 cm³/mol. The highest BCUT2D eigenvalue weighted by atomic mass is 35.5. The summed E-state index contributed by atoms with van der Waals surface area (Å²) in [5, 5.41) is 0. The summed E-state index contributed by atoms with van der Waals surface area (Å²) in [6, 6.07) is 1.52. The number of ether oxygens (including phenoxy) is 1. The number of hydrogen-bond donors (Lipinski definition) is 2. The van der Waals surface area contributed by atoms with Crippen molar-refractivity contribution in [3.63, 3.8) is 0 Å². The molecule has 0 radical (unpaired) electrons. The quantitative estimate of drug-likeness (QED) is 0.580. The van der Waals surface area contributed by atoms with Crippen molar-refractivity contribution in [1.29, 1.82) is 0 Å². The Kier molecular flexibility index (Phi) is 5.53. The number of rotatable bonds is 6. The average Bonchev–Trinajstić information content (AvgIpc) is 2.92. The number of alkyl halides is 1. The first-order chi connectivity index (χ1) is 10.7. The van der Waals surface area contributed by atoms with Crippen LogP contribution in [0, 0.1) is 5.92 Å². The zero-order valence-electron chi connectivity index (χ0n) is 13.0. The molecule has 2 rings (SSSR count). The zero-order chi connectivity index (χ0) is 17.3. The molecule has 23 heavy (non-hydrogen) atoms. The molecule has 130 valence electrons. The Morgan fingerprint density at radius 2 is 2.43 bits per heavy atom. The molecule has 0 amide bonds. The summed E-state index contributed by atoms with van der Waals surface area (Å²) in [5.41, 5.74) is 4.18. The van der Waals surface area contributed by atoms with Crippen LogP contribution in [-0.2, 0) is 13.8 Å². The first kappa shape index (κ1) is 18.4. The standard InChI is InChI=1S/C13H21ClN3O5P/c1-9(7-23(19,20)21-2)13(8-14)5-3-11(22-13)17-6-4-10(15)16-12(17)18/h4,6,9,11H,3,5,7-8H2,1-2H3,(H,19,20)(H2,15,16,18)/t9?,11-,13-/m1/s1. The van der Waals surface area contributed by atoms with E-state index in [0.717, 1.165) is 0 Å². The van der Waals surface area contributed by atoms with Gasteiger partial charge in [-0.3, -0.25) is 9.13 Å². The van der Waals surface area contributed by atoms with Gasteiger partial charge in [-0.1, -0.05) is 6.92 Å². The Labute approximate surface area is 139 Å². The third kappa shape index (κ3) is 3.95. The van der Waals surface area contributed by atoms with Crippen molar-refractivity contribution in [1.82, 2.24) is 9.55 Å². The SMILES string of the molecule is COP(=O)(O)CC(C)[C@]1(CCl)CC[C@H](n2ccc(N)nc2=O)O1. The van der Waals surface area contributed by atoms with E-state index in [1.54, 1.807) is 6.92 Å². The summed E-state index contributed by atoms with van der Waals surface area (Å²) in [4.78, 5) is 25.3. The monoisotopic (exact) mass is 365 g/mol. The van der Waals surface area contributed by atoms with Gasteiger partial charge in [0.2, 0.25) is 0 Å². The summed E-state index contributed by atoms with van der Waals surface area (Å²) >= 11 is 6.09. The second-order valence-corrected chi connectivity index (χ2v) is 8.03. The molecule has 0 saturated carbocycles. The van der Waals surface area contributed by atoms with Crippen molar-refractivity contribution in [2.75, 3.05) is 24.9 Å². The van der Waals surface area contributed by atoms with E-state index >= 15 is 0 Å². The molecule has 0 aromatic carbocycles. The molecule has 4 atom stereocenters. The van der Waals surface area contributed by atoms with Crippen molar-refractivity contribution < 1.29 is 18.7 Å². The van der Waals surface area contributed by atoms with Gasteiger partial charge in [-0.25, -0.2) is 4.79 Å². The van der Waals surface area contributed by atoms with Gasteiger partial charge in [0, 0.05) is 13.3 Å². The summed E-state index contributed by atoms with van der Waals surface area (Å²) in [6.07, 6.45) is 2.03. The average molecular weight is 366 g/mol. The summed E-state index contributed by atoms with van der Waals surface area (Å²) in [7, 11) is -2.49. The van der Waals surface area contributed by atoms with Gasteiger partial charge in [0.05, 0.1) is 17.6 Å². The van der Waals surface area contributed by atoms with Gasteiger partial charge >= 0.3 is 13.3 Å². The molecule has 2 heterocycles. The minimum atomic E-state index is -3.68. The minimum Gasteiger partial charge on any atom is -0.383 e. The molecule has 1 aliphatic rings. The summed E-state index contributed by atoms with van der Waals surface area (Å²) in [5.74, 6) is -0.0355. The maximum absolute atomic E-state index is 11.9. The van der Waals surface area contributed by atoms with Crippen LogP contribution in [0.25, 0.3) is 0 Å². The van der Waals surface area contributed by atoms with Crippen molar-refractivity contribution in [3.8, 4) is 0 Å². The number of nitrogen functional groups attached to an aromatic ring is 1. The van der Waals surface area contributed by atoms with Crippen LogP contribution in [0.4, 0.5) is 5.82 Å². The molecular weight excluding hydrogens is 345 g/mol. The number of aromatic nitrogens is 2. The lowest BCUT2D eigenvalue weighted by atomic mass is 9.89. The fraction of sp³-hybridized carbons (Fsp3) is 0.692. The lowest BCUT2D eigenvalue weighted by Gasteiger charge is -2.34. The summed E-state index contributed by atoms with van der Waals surface area (Å²) in [6.45, 7) is 1.79. The van der Waals surface area contributed by atoms with Crippen molar-refractivity contribution >= 4 is 25.0 Å². The van der Waals surface area contributed by atoms with Crippen LogP contribution in [-0.4, -0.2) is 39.2 Å². The van der Waals surface area contributed by atoms with Crippen molar-refractivity contribution in [2.45, 2.75) is 31.6 Å². The van der Waals surface area contributed by atoms with Gasteiger partial charge in [0.25, 0.3) is 0 Å². The molecule has 1 saturated heterocycles. The largest absolute Gasteiger partial charge is 0.383 e. The highest BCUT2D eigenvalue weighted by Gasteiger charge is 2.46. The van der Waals surface area contributed by atoms with E-state index in [4.69, 9.17) is 22.1 Å². The molecule has 1 fully saturated rings. The smallest absolute Gasteiger partial charge is 0.351 e. The number of anilines is 1. The molecule has 1 aromatic heterocycles. The third-order valence-electron chi connectivity index (χ3n) is 4.26. The van der Waals surface area contributed by atoms with E-state index in [-0.39, 0.29) is 23.8 Å². The fourth-order valence-corrected chi connectivity index (χ4v) is 4.41. The van der Waals surface area contributed by atoms with Gasteiger partial charge in [-0.05, 0) is 24.8 Å². The van der Waals surface area contributed by atoms with Crippen LogP contribution in [0.15, 0.2) is 17.1 Å². The second-order valence-electron chi connectivity index (χ2n) is 5.76. The second kappa shape index (κ2) is 6.91. The molecule has 3 N–H and O–H groups in total. The van der Waals surface area contributed by atoms with E-state index in [9.17, 15) is 14.3 Å². The first-order valence-electron chi connectivity index (χ1n) is 7.19. The van der Waals surface area contributed by atoms with Crippen molar-refractivity contribution in [3.05, 3.63) is 22.7 Å². The Morgan fingerprint density at radius 1 is 1.74 bits per heavy atom. The predicted octanol–water partition coefficient (Wildman–Crippen LogP) is 1.58. The Balaban J connectivity index is 2.20. The van der Waals surface area contributed by atoms with Crippen LogP contribution in [0.1, 0.15) is 26.0 Å². The highest BCUT2D eigenvalue weighted by molar-refractivity contribution is 7.52. The molecule has 10 heteroatoms. The Morgan fingerprint density at radius 3 is 3.00 bits per heavy atom. The lowest BCUT2D eigenvalue weighted by molar-refractivity contribution is -0.0854. The lowest BCUT2D eigenvalue weighted by Crippen LogP contribution is -2.41. The van der Waals surface area contributed by atoms with E-state index in [1.165, 1.54) is 23.9 Å². The van der Waals surface area contributed by atoms with E-state index in [2.05, 4.69) is 9.51 Å². The van der Waals surface area contributed by atoms with Crippen LogP contribution in [0.3, 0.4) is 0 Å². The number of nitrogens with two attached hydrogens (primary N) is 1. The van der Waals surface area contributed by atoms with Crippen LogP contribution >= 0.6 is 19.2 Å². The number of nitrogens with zero attached hydrogens (tertiary/aromatic N) is 2. The molecular formula is C13H21ClN3O5P. The van der Waals surface area contributed by atoms with Gasteiger partial charge in [-0.2, -0.15) is 4.98 Å². The molecule has 1 aromatic rings. The first-order valence-corrected chi connectivity index (χ1v) is 9.49. The van der Waals surface area contributed by atoms with Gasteiger partial charge in [0.1, 0.15) is 12.0 Å². The maximum Gasteiger partial charge on any atom is 0.351 e. The van der Waals surface area contributed by atoms with E-state index < -0.39 is 25.1 Å². The van der Waals surface area contributed by atoms with Crippen LogP contribution in [0.2, 0.25) is 0 Å². The molecule has 8 nitrogen and oxygen atoms in total. The van der Waals surface area contributed by atoms with Gasteiger partial charge in [0.15, 0.2) is 0 Å². The molecule has 0 spiro atoms. The van der Waals surface area contributed by atoms with Gasteiger partial charge in [-0.15, -0.1) is 11.6 Å². The Hall–Kier alpha value is -0.920. The minimum absolute atomic E-state index is 0.0716. The number of hydrogen-bond acceptors (Lipinski definition) is 6. The van der Waals surface area contributed by atoms with Crippen LogP contribution in [0.5, 0.6) is 0 Å². The van der Waals surface area contributed by atoms with E-state index in [0.29, 0.717) is 12.8 Å². The van der Waals surface area contributed by atoms with Crippen molar-refractivity contribution in [2.24, 2.45) is 5.92 Å². The highest BCUT2D eigenvalue weighted by Crippen LogP contribution is 2.49. The molecule has 1 aliphatic heterocycles. The zero-order valence-corrected chi connectivity index (χ0v) is 14.7. The molecule has 0 aliphatic carbocycles. The van der Waals surface area contributed by atoms with Crippen LogP contribution < -0.4 is 11.4 Å². The normalized spacial score (nSPS) is 28.4. The van der Waals surface area contributed by atoms with Gasteiger partial charge < -0.3 is 19.9 Å². The maximum atomic E-state index is 11.9. The van der Waals surface area contributed by atoms with E-state index in [1.807, 2.05) is 0 Å². The summed E-state index contributed by atoms with van der Waals surface area (Å²) < 4.78 is 23.8. The number of halogens is 1. The fourth-order valence-electron chi connectivity index (χ4n) is 2.78. The molecule has 2 unspecified atom stereocenters. The third-order valence-corrected chi connectivity index (χ3v) is 6.29. The molecule has 0 bridgehead atoms. The topological polar surface area (TPSA) is 117 Å². The Bertz CT molecular complexity index is 669.